The van der Waals surface area contributed by atoms with Gasteiger partial charge in [-0.05, 0) is 45.4 Å². The van der Waals surface area contributed by atoms with E-state index in [1.54, 1.807) is 43.9 Å². The SMILES string of the molecule is CCN(CC)S(=O)(=O)c1ccc(C)c(C(=O)Nc2cnn(C(C)(C)C)c2)c1. The third-order valence-electron chi connectivity index (χ3n) is 4.32. The second-order valence-corrected chi connectivity index (χ2v) is 9.30. The van der Waals surface area contributed by atoms with Gasteiger partial charge in [-0.2, -0.15) is 9.40 Å². The molecule has 1 aromatic heterocycles. The predicted octanol–water partition coefficient (Wildman–Crippen LogP) is 3.23. The van der Waals surface area contributed by atoms with Crippen molar-refractivity contribution in [2.24, 2.45) is 0 Å². The fraction of sp³-hybridized carbons (Fsp3) is 0.474. The molecule has 0 aliphatic heterocycles. The minimum atomic E-state index is -3.63. The quantitative estimate of drug-likeness (QED) is 0.818. The number of carbonyl (C=O) groups excluding carboxylic acids is 1. The zero-order valence-electron chi connectivity index (χ0n) is 16.8. The number of amides is 1. The van der Waals surface area contributed by atoms with Gasteiger partial charge in [-0.1, -0.05) is 19.9 Å². The first-order valence-electron chi connectivity index (χ1n) is 8.98. The van der Waals surface area contributed by atoms with Crippen LogP contribution >= 0.6 is 0 Å². The van der Waals surface area contributed by atoms with Crippen LogP contribution in [0.15, 0.2) is 35.5 Å². The minimum Gasteiger partial charge on any atom is -0.319 e. The lowest BCUT2D eigenvalue weighted by molar-refractivity contribution is 0.102. The Balaban J connectivity index is 2.33. The molecule has 1 amide bonds. The van der Waals surface area contributed by atoms with E-state index in [0.717, 1.165) is 0 Å². The first-order valence-corrected chi connectivity index (χ1v) is 10.4. The molecule has 0 spiro atoms. The topological polar surface area (TPSA) is 84.3 Å². The van der Waals surface area contributed by atoms with E-state index in [0.29, 0.717) is 29.9 Å². The highest BCUT2D eigenvalue weighted by Crippen LogP contribution is 2.21. The zero-order valence-corrected chi connectivity index (χ0v) is 17.6. The Morgan fingerprint density at radius 1 is 1.22 bits per heavy atom. The fourth-order valence-electron chi connectivity index (χ4n) is 2.67. The highest BCUT2D eigenvalue weighted by Gasteiger charge is 2.24. The summed E-state index contributed by atoms with van der Waals surface area (Å²) >= 11 is 0. The Morgan fingerprint density at radius 3 is 2.37 bits per heavy atom. The number of hydrogen-bond donors (Lipinski definition) is 1. The number of aromatic nitrogens is 2. The van der Waals surface area contributed by atoms with Gasteiger partial charge in [-0.25, -0.2) is 8.42 Å². The summed E-state index contributed by atoms with van der Waals surface area (Å²) in [5.74, 6) is -0.363. The van der Waals surface area contributed by atoms with Crippen molar-refractivity contribution in [3.8, 4) is 0 Å². The van der Waals surface area contributed by atoms with Crippen LogP contribution in [0.2, 0.25) is 0 Å². The largest absolute Gasteiger partial charge is 0.319 e. The molecule has 2 aromatic rings. The average molecular weight is 393 g/mol. The molecule has 0 atom stereocenters. The Hall–Kier alpha value is -2.19. The highest BCUT2D eigenvalue weighted by atomic mass is 32.2. The van der Waals surface area contributed by atoms with Crippen molar-refractivity contribution in [2.45, 2.75) is 52.0 Å². The first kappa shape index (κ1) is 21.1. The van der Waals surface area contributed by atoms with Gasteiger partial charge in [0.1, 0.15) is 0 Å². The normalized spacial score (nSPS) is 12.4. The standard InChI is InChI=1S/C19H28N4O3S/c1-7-22(8-2)27(25,26)16-10-9-14(3)17(11-16)18(24)21-15-12-20-23(13-15)19(4,5)6/h9-13H,7-8H2,1-6H3,(H,21,24). The number of sulfonamides is 1. The molecule has 1 N–H and O–H groups in total. The Labute approximate surface area is 161 Å². The maximum atomic E-state index is 12.7. The van der Waals surface area contributed by atoms with Crippen molar-refractivity contribution < 1.29 is 13.2 Å². The number of nitrogens with zero attached hydrogens (tertiary/aromatic N) is 3. The molecule has 8 heteroatoms. The number of aryl methyl sites for hydroxylation is 1. The number of nitrogens with one attached hydrogen (secondary N) is 1. The predicted molar refractivity (Wildman–Crippen MR) is 106 cm³/mol. The molecule has 0 unspecified atom stereocenters. The van der Waals surface area contributed by atoms with Crippen molar-refractivity contribution in [3.63, 3.8) is 0 Å². The van der Waals surface area contributed by atoms with Crippen molar-refractivity contribution in [1.29, 1.82) is 0 Å². The first-order chi connectivity index (χ1) is 12.5. The molecule has 0 saturated carbocycles. The summed E-state index contributed by atoms with van der Waals surface area (Å²) in [7, 11) is -3.63. The van der Waals surface area contributed by atoms with Crippen molar-refractivity contribution in [2.75, 3.05) is 18.4 Å². The minimum absolute atomic E-state index is 0.118. The highest BCUT2D eigenvalue weighted by molar-refractivity contribution is 7.89. The zero-order chi connectivity index (χ0) is 20.4. The van der Waals surface area contributed by atoms with E-state index < -0.39 is 10.0 Å². The van der Waals surface area contributed by atoms with Crippen molar-refractivity contribution in [3.05, 3.63) is 41.7 Å². The summed E-state index contributed by atoms with van der Waals surface area (Å²) in [6.07, 6.45) is 3.33. The van der Waals surface area contributed by atoms with Gasteiger partial charge in [-0.15, -0.1) is 0 Å². The molecule has 0 radical (unpaired) electrons. The fourth-order valence-corrected chi connectivity index (χ4v) is 4.16. The molecule has 7 nitrogen and oxygen atoms in total. The van der Waals surface area contributed by atoms with Gasteiger partial charge >= 0.3 is 0 Å². The molecule has 0 aliphatic carbocycles. The van der Waals surface area contributed by atoms with E-state index >= 15 is 0 Å². The van der Waals surface area contributed by atoms with Crippen molar-refractivity contribution in [1.82, 2.24) is 14.1 Å². The molecule has 2 rings (SSSR count). The molecule has 148 valence electrons. The van der Waals surface area contributed by atoms with E-state index in [9.17, 15) is 13.2 Å². The lowest BCUT2D eigenvalue weighted by Crippen LogP contribution is -2.30. The van der Waals surface area contributed by atoms with Crippen LogP contribution in [0.1, 0.15) is 50.5 Å². The lowest BCUT2D eigenvalue weighted by Gasteiger charge is -2.19. The van der Waals surface area contributed by atoms with Crippen molar-refractivity contribution >= 4 is 21.6 Å². The van der Waals surface area contributed by atoms with Crippen LogP contribution in [0.25, 0.3) is 0 Å². The lowest BCUT2D eigenvalue weighted by atomic mass is 10.1. The summed E-state index contributed by atoms with van der Waals surface area (Å²) in [5.41, 5.74) is 1.39. The Bertz CT molecular complexity index is 923. The molecule has 0 aliphatic rings. The van der Waals surface area contributed by atoms with Crippen LogP contribution in [-0.2, 0) is 15.6 Å². The van der Waals surface area contributed by atoms with E-state index in [-0.39, 0.29) is 16.3 Å². The number of carbonyl (C=O) groups is 1. The third-order valence-corrected chi connectivity index (χ3v) is 6.37. The van der Waals surface area contributed by atoms with Gasteiger partial charge in [0.2, 0.25) is 10.0 Å². The Morgan fingerprint density at radius 2 is 1.85 bits per heavy atom. The second kappa shape index (κ2) is 7.82. The van der Waals surface area contributed by atoms with Crippen LogP contribution in [0, 0.1) is 6.92 Å². The van der Waals surface area contributed by atoms with E-state index in [1.807, 2.05) is 20.8 Å². The van der Waals surface area contributed by atoms with Crippen LogP contribution < -0.4 is 5.32 Å². The summed E-state index contributed by atoms with van der Waals surface area (Å²) in [6.45, 7) is 12.1. The van der Waals surface area contributed by atoms with E-state index in [1.165, 1.54) is 16.4 Å². The smallest absolute Gasteiger partial charge is 0.256 e. The van der Waals surface area contributed by atoms with Gasteiger partial charge in [0.15, 0.2) is 0 Å². The monoisotopic (exact) mass is 392 g/mol. The summed E-state index contributed by atoms with van der Waals surface area (Å²) in [5, 5.41) is 7.05. The summed E-state index contributed by atoms with van der Waals surface area (Å²) in [6, 6.07) is 4.63. The van der Waals surface area contributed by atoms with Gasteiger partial charge in [0, 0.05) is 24.8 Å². The third kappa shape index (κ3) is 4.56. The Kier molecular flexibility index (Phi) is 6.11. The van der Waals surface area contributed by atoms with E-state index in [4.69, 9.17) is 0 Å². The molecule has 0 fully saturated rings. The molecule has 0 saturated heterocycles. The number of rotatable bonds is 6. The second-order valence-electron chi connectivity index (χ2n) is 7.36. The maximum absolute atomic E-state index is 12.7. The molecule has 27 heavy (non-hydrogen) atoms. The van der Waals surface area contributed by atoms with Crippen LogP contribution in [0.5, 0.6) is 0 Å². The van der Waals surface area contributed by atoms with Gasteiger partial charge in [0.05, 0.1) is 22.3 Å². The van der Waals surface area contributed by atoms with Gasteiger partial charge < -0.3 is 5.32 Å². The van der Waals surface area contributed by atoms with Crippen LogP contribution in [0.4, 0.5) is 5.69 Å². The number of anilines is 1. The average Bonchev–Trinajstić information content (AvgIpc) is 3.04. The van der Waals surface area contributed by atoms with Gasteiger partial charge in [-0.3, -0.25) is 9.48 Å². The van der Waals surface area contributed by atoms with Gasteiger partial charge in [0.25, 0.3) is 5.91 Å². The maximum Gasteiger partial charge on any atom is 0.256 e. The van der Waals surface area contributed by atoms with Crippen LogP contribution in [0.3, 0.4) is 0 Å². The number of hydrogen-bond acceptors (Lipinski definition) is 4. The molecule has 0 bridgehead atoms. The summed E-state index contributed by atoms with van der Waals surface area (Å²) in [4.78, 5) is 12.8. The molecular formula is C19H28N4O3S. The van der Waals surface area contributed by atoms with E-state index in [2.05, 4.69) is 10.4 Å². The van der Waals surface area contributed by atoms with Crippen LogP contribution in [-0.4, -0.2) is 41.5 Å². The summed E-state index contributed by atoms with van der Waals surface area (Å²) < 4.78 is 28.6. The number of benzene rings is 1. The molecule has 1 heterocycles. The molecular weight excluding hydrogens is 364 g/mol. The molecule has 1 aromatic carbocycles.